The molecule has 0 radical (unpaired) electrons. The van der Waals surface area contributed by atoms with E-state index in [2.05, 4.69) is 20.2 Å². The lowest BCUT2D eigenvalue weighted by Gasteiger charge is -2.12. The fourth-order valence-corrected chi connectivity index (χ4v) is 3.12. The van der Waals surface area contributed by atoms with Crippen molar-refractivity contribution < 1.29 is 17.9 Å². The summed E-state index contributed by atoms with van der Waals surface area (Å²) in [6.07, 6.45) is -1.31. The highest BCUT2D eigenvalue weighted by Gasteiger charge is 2.34. The highest BCUT2D eigenvalue weighted by molar-refractivity contribution is 6.28. The first-order chi connectivity index (χ1) is 13.8. The molecule has 0 fully saturated rings. The summed E-state index contributed by atoms with van der Waals surface area (Å²) < 4.78 is 47.2. The Hall–Kier alpha value is -3.14. The fourth-order valence-electron chi connectivity index (χ4n) is 2.99. The van der Waals surface area contributed by atoms with Gasteiger partial charge in [0.15, 0.2) is 11.3 Å². The zero-order valence-corrected chi connectivity index (χ0v) is 16.0. The number of aromatic nitrogens is 6. The first-order valence-electron chi connectivity index (χ1n) is 8.41. The van der Waals surface area contributed by atoms with Gasteiger partial charge in [-0.2, -0.15) is 28.4 Å². The van der Waals surface area contributed by atoms with Crippen LogP contribution in [0.15, 0.2) is 36.7 Å². The van der Waals surface area contributed by atoms with Crippen LogP contribution in [0.2, 0.25) is 5.28 Å². The van der Waals surface area contributed by atoms with Crippen LogP contribution in [0, 0.1) is 6.92 Å². The molecule has 3 aromatic heterocycles. The monoisotopic (exact) mass is 422 g/mol. The van der Waals surface area contributed by atoms with Crippen molar-refractivity contribution in [3.8, 4) is 11.4 Å². The summed E-state index contributed by atoms with van der Waals surface area (Å²) in [5.41, 5.74) is 1.17. The topological polar surface area (TPSA) is 70.7 Å². The van der Waals surface area contributed by atoms with Crippen LogP contribution in [0.3, 0.4) is 0 Å². The Bertz CT molecular complexity index is 1200. The number of nitrogens with zero attached hydrogens (tertiary/aromatic N) is 6. The number of halogens is 4. The van der Waals surface area contributed by atoms with E-state index in [1.54, 1.807) is 42.2 Å². The number of benzene rings is 1. The Balaban J connectivity index is 1.70. The van der Waals surface area contributed by atoms with Crippen molar-refractivity contribution in [2.24, 2.45) is 0 Å². The predicted molar refractivity (Wildman–Crippen MR) is 99.3 cm³/mol. The first kappa shape index (κ1) is 19.2. The molecule has 0 aliphatic heterocycles. The second kappa shape index (κ2) is 7.03. The quantitative estimate of drug-likeness (QED) is 0.464. The average Bonchev–Trinajstić information content (AvgIpc) is 3.25. The van der Waals surface area contributed by atoms with Gasteiger partial charge >= 0.3 is 6.18 Å². The number of aryl methyl sites for hydroxylation is 1. The molecule has 0 aliphatic rings. The van der Waals surface area contributed by atoms with Crippen LogP contribution in [0.25, 0.3) is 16.7 Å². The highest BCUT2D eigenvalue weighted by atomic mass is 35.5. The molecule has 0 saturated carbocycles. The Morgan fingerprint density at radius 2 is 1.97 bits per heavy atom. The maximum atomic E-state index is 13.0. The Kier molecular flexibility index (Phi) is 4.65. The van der Waals surface area contributed by atoms with Gasteiger partial charge in [0.05, 0.1) is 25.2 Å². The van der Waals surface area contributed by atoms with Crippen molar-refractivity contribution in [3.63, 3.8) is 0 Å². The van der Waals surface area contributed by atoms with E-state index < -0.39 is 11.9 Å². The number of methoxy groups -OCH3 is 1. The van der Waals surface area contributed by atoms with Crippen molar-refractivity contribution in [1.29, 1.82) is 0 Å². The smallest absolute Gasteiger partial charge is 0.435 e. The molecule has 0 aliphatic carbocycles. The molecule has 0 unspecified atom stereocenters. The SMILES string of the molecule is COc1cc(Cn2ncc3cnc(Cl)nc32)ccc1-n1nc(C(F)(F)F)cc1C. The van der Waals surface area contributed by atoms with E-state index in [0.29, 0.717) is 29.3 Å². The van der Waals surface area contributed by atoms with Crippen LogP contribution in [0.1, 0.15) is 17.0 Å². The van der Waals surface area contributed by atoms with E-state index in [1.807, 2.05) is 0 Å². The molecule has 0 saturated heterocycles. The normalized spacial score (nSPS) is 11.9. The third-order valence-corrected chi connectivity index (χ3v) is 4.51. The average molecular weight is 423 g/mol. The van der Waals surface area contributed by atoms with Crippen molar-refractivity contribution >= 4 is 22.6 Å². The minimum absolute atomic E-state index is 0.113. The summed E-state index contributed by atoms with van der Waals surface area (Å²) in [4.78, 5) is 8.10. The number of hydrogen-bond donors (Lipinski definition) is 0. The van der Waals surface area contributed by atoms with E-state index in [-0.39, 0.29) is 5.28 Å². The predicted octanol–water partition coefficient (Wildman–Crippen LogP) is 4.05. The molecule has 7 nitrogen and oxygen atoms in total. The van der Waals surface area contributed by atoms with E-state index in [0.717, 1.165) is 17.0 Å². The standard InChI is InChI=1S/C18H14ClF3N6O/c1-10-5-15(18(20,21)22)26-28(10)13-4-3-11(6-14(13)29-2)9-27-16-12(8-24-27)7-23-17(19)25-16/h3-8H,9H2,1-2H3. The molecular formula is C18H14ClF3N6O. The molecule has 0 bridgehead atoms. The minimum atomic E-state index is -4.52. The van der Waals surface area contributed by atoms with Crippen molar-refractivity contribution in [2.75, 3.05) is 7.11 Å². The third-order valence-electron chi connectivity index (χ3n) is 4.33. The summed E-state index contributed by atoms with van der Waals surface area (Å²) in [7, 11) is 1.45. The van der Waals surface area contributed by atoms with Gasteiger partial charge in [0.1, 0.15) is 11.4 Å². The molecule has 0 amide bonds. The third kappa shape index (κ3) is 3.63. The minimum Gasteiger partial charge on any atom is -0.494 e. The summed E-state index contributed by atoms with van der Waals surface area (Å²) >= 11 is 5.86. The van der Waals surface area contributed by atoms with Gasteiger partial charge in [0, 0.05) is 11.9 Å². The van der Waals surface area contributed by atoms with E-state index in [1.165, 1.54) is 11.8 Å². The molecule has 0 atom stereocenters. The molecule has 11 heteroatoms. The Morgan fingerprint density at radius 1 is 1.17 bits per heavy atom. The van der Waals surface area contributed by atoms with Gasteiger partial charge in [-0.25, -0.2) is 14.3 Å². The lowest BCUT2D eigenvalue weighted by Crippen LogP contribution is -2.09. The number of alkyl halides is 3. The molecule has 29 heavy (non-hydrogen) atoms. The van der Waals surface area contributed by atoms with Gasteiger partial charge < -0.3 is 4.74 Å². The van der Waals surface area contributed by atoms with Crippen LogP contribution in [-0.2, 0) is 12.7 Å². The van der Waals surface area contributed by atoms with Crippen LogP contribution in [0.5, 0.6) is 5.75 Å². The number of ether oxygens (including phenoxy) is 1. The van der Waals surface area contributed by atoms with Crippen molar-refractivity contribution in [3.05, 3.63) is 58.9 Å². The zero-order chi connectivity index (χ0) is 20.8. The summed E-state index contributed by atoms with van der Waals surface area (Å²) in [5, 5.41) is 8.82. The van der Waals surface area contributed by atoms with Crippen LogP contribution >= 0.6 is 11.6 Å². The van der Waals surface area contributed by atoms with Gasteiger partial charge in [0.25, 0.3) is 0 Å². The van der Waals surface area contributed by atoms with E-state index in [4.69, 9.17) is 16.3 Å². The van der Waals surface area contributed by atoms with Gasteiger partial charge in [-0.05, 0) is 42.3 Å². The number of hydrogen-bond acceptors (Lipinski definition) is 5. The number of rotatable bonds is 4. The molecule has 4 aromatic rings. The van der Waals surface area contributed by atoms with E-state index >= 15 is 0 Å². The van der Waals surface area contributed by atoms with Crippen molar-refractivity contribution in [2.45, 2.75) is 19.6 Å². The second-order valence-corrected chi connectivity index (χ2v) is 6.64. The molecule has 1 aromatic carbocycles. The Labute approximate surface area is 167 Å². The molecule has 0 N–H and O–H groups in total. The summed E-state index contributed by atoms with van der Waals surface area (Å²) in [6, 6.07) is 6.14. The zero-order valence-electron chi connectivity index (χ0n) is 15.3. The molecule has 3 heterocycles. The van der Waals surface area contributed by atoms with Crippen LogP contribution in [-0.4, -0.2) is 36.6 Å². The van der Waals surface area contributed by atoms with Gasteiger partial charge in [-0.15, -0.1) is 0 Å². The summed E-state index contributed by atoms with van der Waals surface area (Å²) in [5.74, 6) is 0.381. The maximum Gasteiger partial charge on any atom is 0.435 e. The number of fused-ring (bicyclic) bond motifs is 1. The molecule has 4 rings (SSSR count). The molecule has 0 spiro atoms. The van der Waals surface area contributed by atoms with Gasteiger partial charge in [-0.1, -0.05) is 6.07 Å². The first-order valence-corrected chi connectivity index (χ1v) is 8.79. The molecule has 150 valence electrons. The van der Waals surface area contributed by atoms with Gasteiger partial charge in [0.2, 0.25) is 5.28 Å². The maximum absolute atomic E-state index is 13.0. The Morgan fingerprint density at radius 3 is 2.66 bits per heavy atom. The van der Waals surface area contributed by atoms with Gasteiger partial charge in [-0.3, -0.25) is 0 Å². The fraction of sp³-hybridized carbons (Fsp3) is 0.222. The molecular weight excluding hydrogens is 409 g/mol. The lowest BCUT2D eigenvalue weighted by molar-refractivity contribution is -0.141. The largest absolute Gasteiger partial charge is 0.494 e. The van der Waals surface area contributed by atoms with Crippen LogP contribution < -0.4 is 4.74 Å². The van der Waals surface area contributed by atoms with E-state index in [9.17, 15) is 13.2 Å². The van der Waals surface area contributed by atoms with Crippen molar-refractivity contribution in [1.82, 2.24) is 29.5 Å². The van der Waals surface area contributed by atoms with Crippen LogP contribution in [0.4, 0.5) is 13.2 Å². The summed E-state index contributed by atoms with van der Waals surface area (Å²) in [6.45, 7) is 1.91. The second-order valence-electron chi connectivity index (χ2n) is 6.31. The highest BCUT2D eigenvalue weighted by Crippen LogP contribution is 2.31. The lowest BCUT2D eigenvalue weighted by atomic mass is 10.2.